The molecule has 3 aromatic rings. The zero-order valence-corrected chi connectivity index (χ0v) is 15.6. The van der Waals surface area contributed by atoms with Gasteiger partial charge >= 0.3 is 6.18 Å². The van der Waals surface area contributed by atoms with Crippen molar-refractivity contribution in [1.82, 2.24) is 5.32 Å². The molecule has 0 saturated carbocycles. The summed E-state index contributed by atoms with van der Waals surface area (Å²) in [5.41, 5.74) is 1.12. The maximum atomic E-state index is 12.7. The van der Waals surface area contributed by atoms with E-state index in [1.54, 1.807) is 12.1 Å². The van der Waals surface area contributed by atoms with Crippen LogP contribution < -0.4 is 5.32 Å². The number of nitrogens with one attached hydrogen (secondary N) is 1. The molecule has 0 heterocycles. The highest BCUT2D eigenvalue weighted by molar-refractivity contribution is 5.86. The molecular weight excluding hydrogens is 371 g/mol. The Hall–Kier alpha value is -2.30. The van der Waals surface area contributed by atoms with Crippen molar-refractivity contribution in [1.29, 1.82) is 0 Å². The number of alkyl halides is 3. The normalized spacial score (nSPS) is 12.9. The van der Waals surface area contributed by atoms with E-state index in [0.29, 0.717) is 12.1 Å². The molecule has 0 aromatic heterocycles. The van der Waals surface area contributed by atoms with Gasteiger partial charge in [-0.3, -0.25) is 0 Å². The van der Waals surface area contributed by atoms with Gasteiger partial charge in [0, 0.05) is 12.6 Å². The lowest BCUT2D eigenvalue weighted by molar-refractivity contribution is -0.137. The standard InChI is InChI=1S/C22H20F3N.ClH/c1-16(20-13-5-10-18-9-2-3-12-21(18)20)26-14-6-8-17-7-4-11-19(15-17)22(23,24)25;/h2-13,15-16,26H,14H2,1H3;1H/t16-;/m1./s1. The molecule has 27 heavy (non-hydrogen) atoms. The second-order valence-corrected chi connectivity index (χ2v) is 6.22. The van der Waals surface area contributed by atoms with Gasteiger partial charge in [0.15, 0.2) is 0 Å². The Bertz CT molecular complexity index is 913. The molecule has 0 bridgehead atoms. The van der Waals surface area contributed by atoms with E-state index in [0.717, 1.165) is 12.1 Å². The van der Waals surface area contributed by atoms with Crippen molar-refractivity contribution in [3.05, 3.63) is 89.5 Å². The molecule has 0 fully saturated rings. The molecule has 1 atom stereocenters. The summed E-state index contributed by atoms with van der Waals surface area (Å²) in [6, 6.07) is 19.9. The second kappa shape index (κ2) is 9.07. The summed E-state index contributed by atoms with van der Waals surface area (Å²) in [6.07, 6.45) is -0.764. The fraction of sp³-hybridized carbons (Fsp3) is 0.182. The Morgan fingerprint density at radius 1 is 0.963 bits per heavy atom. The van der Waals surface area contributed by atoms with Gasteiger partial charge in [-0.15, -0.1) is 12.4 Å². The van der Waals surface area contributed by atoms with E-state index in [-0.39, 0.29) is 18.4 Å². The molecule has 0 aliphatic rings. The number of fused-ring (bicyclic) bond motifs is 1. The molecule has 3 aromatic carbocycles. The number of hydrogen-bond donors (Lipinski definition) is 1. The van der Waals surface area contributed by atoms with Crippen LogP contribution in [0, 0.1) is 0 Å². The largest absolute Gasteiger partial charge is 0.416 e. The minimum atomic E-state index is -4.31. The number of halogens is 4. The number of benzene rings is 3. The SMILES string of the molecule is C[C@@H](NCC=Cc1cccc(C(F)(F)F)c1)c1cccc2ccccc12.Cl. The first kappa shape index (κ1) is 21.0. The minimum absolute atomic E-state index is 0. The van der Waals surface area contributed by atoms with Crippen LogP contribution in [0.25, 0.3) is 16.8 Å². The van der Waals surface area contributed by atoms with Gasteiger partial charge in [-0.25, -0.2) is 0 Å². The van der Waals surface area contributed by atoms with Crippen LogP contribution in [0.1, 0.15) is 29.7 Å². The van der Waals surface area contributed by atoms with Gasteiger partial charge in [0.25, 0.3) is 0 Å². The molecule has 0 aliphatic heterocycles. The molecular formula is C22H21ClF3N. The van der Waals surface area contributed by atoms with Crippen molar-refractivity contribution < 1.29 is 13.2 Å². The van der Waals surface area contributed by atoms with Crippen molar-refractivity contribution >= 4 is 29.3 Å². The quantitative estimate of drug-likeness (QED) is 0.513. The summed E-state index contributed by atoms with van der Waals surface area (Å²) in [5, 5.41) is 5.80. The molecule has 1 N–H and O–H groups in total. The zero-order chi connectivity index (χ0) is 18.6. The maximum Gasteiger partial charge on any atom is 0.416 e. The fourth-order valence-corrected chi connectivity index (χ4v) is 3.00. The predicted molar refractivity (Wildman–Crippen MR) is 108 cm³/mol. The Kier molecular flexibility index (Phi) is 7.05. The van der Waals surface area contributed by atoms with E-state index in [2.05, 4.69) is 36.5 Å². The van der Waals surface area contributed by atoms with Crippen LogP contribution in [-0.4, -0.2) is 6.54 Å². The molecule has 3 rings (SSSR count). The molecule has 142 valence electrons. The van der Waals surface area contributed by atoms with Crippen molar-refractivity contribution in [2.45, 2.75) is 19.1 Å². The molecule has 0 aliphatic carbocycles. The Morgan fingerprint density at radius 3 is 2.44 bits per heavy atom. The van der Waals surface area contributed by atoms with E-state index >= 15 is 0 Å². The molecule has 0 unspecified atom stereocenters. The third-order valence-corrected chi connectivity index (χ3v) is 4.36. The summed E-state index contributed by atoms with van der Waals surface area (Å²) < 4.78 is 38.2. The second-order valence-electron chi connectivity index (χ2n) is 6.22. The van der Waals surface area contributed by atoms with Crippen LogP contribution in [0.2, 0.25) is 0 Å². The first-order valence-corrected chi connectivity index (χ1v) is 8.50. The Balaban J connectivity index is 0.00000261. The van der Waals surface area contributed by atoms with Crippen LogP contribution in [-0.2, 0) is 6.18 Å². The molecule has 1 nitrogen and oxygen atoms in total. The molecule has 0 amide bonds. The first-order valence-electron chi connectivity index (χ1n) is 8.50. The van der Waals surface area contributed by atoms with Crippen molar-refractivity contribution in [3.8, 4) is 0 Å². The topological polar surface area (TPSA) is 12.0 Å². The molecule has 0 spiro atoms. The van der Waals surface area contributed by atoms with E-state index in [1.165, 1.54) is 22.4 Å². The summed E-state index contributed by atoms with van der Waals surface area (Å²) in [5.74, 6) is 0. The van der Waals surface area contributed by atoms with Crippen molar-refractivity contribution in [2.24, 2.45) is 0 Å². The lowest BCUT2D eigenvalue weighted by atomic mass is 10.00. The highest BCUT2D eigenvalue weighted by Crippen LogP contribution is 2.29. The van der Waals surface area contributed by atoms with E-state index < -0.39 is 11.7 Å². The van der Waals surface area contributed by atoms with Crippen molar-refractivity contribution in [2.75, 3.05) is 6.54 Å². The summed E-state index contributed by atoms with van der Waals surface area (Å²) in [7, 11) is 0. The fourth-order valence-electron chi connectivity index (χ4n) is 3.00. The van der Waals surface area contributed by atoms with Gasteiger partial charge in [0.1, 0.15) is 0 Å². The molecule has 0 saturated heterocycles. The molecule has 5 heteroatoms. The number of hydrogen-bond acceptors (Lipinski definition) is 1. The smallest absolute Gasteiger partial charge is 0.307 e. The average molecular weight is 392 g/mol. The van der Waals surface area contributed by atoms with Crippen LogP contribution in [0.15, 0.2) is 72.8 Å². The highest BCUT2D eigenvalue weighted by Gasteiger charge is 2.30. The van der Waals surface area contributed by atoms with Gasteiger partial charge in [-0.05, 0) is 41.0 Å². The van der Waals surface area contributed by atoms with Crippen LogP contribution in [0.5, 0.6) is 0 Å². The average Bonchev–Trinajstić information content (AvgIpc) is 2.64. The van der Waals surface area contributed by atoms with E-state index in [1.807, 2.05) is 24.3 Å². The zero-order valence-electron chi connectivity index (χ0n) is 14.8. The van der Waals surface area contributed by atoms with Crippen LogP contribution >= 0.6 is 12.4 Å². The summed E-state index contributed by atoms with van der Waals surface area (Å²) in [6.45, 7) is 2.65. The molecule has 0 radical (unpaired) electrons. The summed E-state index contributed by atoms with van der Waals surface area (Å²) in [4.78, 5) is 0. The van der Waals surface area contributed by atoms with Gasteiger partial charge < -0.3 is 5.32 Å². The van der Waals surface area contributed by atoms with Crippen LogP contribution in [0.3, 0.4) is 0 Å². The predicted octanol–water partition coefficient (Wildman–Crippen LogP) is 6.64. The number of rotatable bonds is 5. The monoisotopic (exact) mass is 391 g/mol. The van der Waals surface area contributed by atoms with E-state index in [4.69, 9.17) is 0 Å². The van der Waals surface area contributed by atoms with Gasteiger partial charge in [-0.1, -0.05) is 66.7 Å². The van der Waals surface area contributed by atoms with E-state index in [9.17, 15) is 13.2 Å². The van der Waals surface area contributed by atoms with Gasteiger partial charge in [-0.2, -0.15) is 13.2 Å². The Morgan fingerprint density at radius 2 is 1.67 bits per heavy atom. The Labute approximate surface area is 163 Å². The summed E-state index contributed by atoms with van der Waals surface area (Å²) >= 11 is 0. The van der Waals surface area contributed by atoms with Crippen molar-refractivity contribution in [3.63, 3.8) is 0 Å². The van der Waals surface area contributed by atoms with Gasteiger partial charge in [0.05, 0.1) is 5.56 Å². The van der Waals surface area contributed by atoms with Gasteiger partial charge in [0.2, 0.25) is 0 Å². The van der Waals surface area contributed by atoms with Crippen LogP contribution in [0.4, 0.5) is 13.2 Å². The lowest BCUT2D eigenvalue weighted by Crippen LogP contribution is -2.18. The third-order valence-electron chi connectivity index (χ3n) is 4.36. The first-order chi connectivity index (χ1) is 12.4. The third kappa shape index (κ3) is 5.34. The lowest BCUT2D eigenvalue weighted by Gasteiger charge is -2.15. The maximum absolute atomic E-state index is 12.7. The highest BCUT2D eigenvalue weighted by atomic mass is 35.5. The minimum Gasteiger partial charge on any atom is -0.307 e.